The van der Waals surface area contributed by atoms with Crippen molar-refractivity contribution in [2.45, 2.75) is 18.9 Å². The summed E-state index contributed by atoms with van der Waals surface area (Å²) in [5, 5.41) is 17.4. The van der Waals surface area contributed by atoms with Crippen molar-refractivity contribution in [2.75, 3.05) is 18.8 Å². The highest BCUT2D eigenvalue weighted by atomic mass is 32.2. The van der Waals surface area contributed by atoms with Gasteiger partial charge in [-0.1, -0.05) is 0 Å². The molecule has 1 aliphatic heterocycles. The fourth-order valence-electron chi connectivity index (χ4n) is 1.29. The van der Waals surface area contributed by atoms with Gasteiger partial charge in [0.2, 0.25) is 10.0 Å². The lowest BCUT2D eigenvalue weighted by atomic mass is 10.1. The summed E-state index contributed by atoms with van der Waals surface area (Å²) in [5.41, 5.74) is 0. The Hall–Kier alpha value is -0.640. The van der Waals surface area contributed by atoms with Crippen LogP contribution in [-0.4, -0.2) is 42.8 Å². The number of nitrogens with zero attached hydrogens (tertiary/aromatic N) is 2. The standard InChI is InChI=1S/C7H12N2O3S/c8-3-6-13(11,12)9-4-1-7(10)2-5-9/h7,10H,1-2,4-6H2. The van der Waals surface area contributed by atoms with Crippen LogP contribution >= 0.6 is 0 Å². The average Bonchev–Trinajstić information content (AvgIpc) is 2.05. The zero-order chi connectivity index (χ0) is 9.90. The van der Waals surface area contributed by atoms with E-state index >= 15 is 0 Å². The maximum absolute atomic E-state index is 11.3. The fourth-order valence-corrected chi connectivity index (χ4v) is 2.41. The van der Waals surface area contributed by atoms with Gasteiger partial charge in [-0.3, -0.25) is 0 Å². The minimum atomic E-state index is -3.40. The van der Waals surface area contributed by atoms with E-state index < -0.39 is 21.9 Å². The Kier molecular flexibility index (Phi) is 3.25. The molecule has 0 aliphatic carbocycles. The number of hydrogen-bond acceptors (Lipinski definition) is 4. The topological polar surface area (TPSA) is 81.4 Å². The zero-order valence-electron chi connectivity index (χ0n) is 7.18. The summed E-state index contributed by atoms with van der Waals surface area (Å²) in [6.45, 7) is 0.649. The van der Waals surface area contributed by atoms with E-state index in [-0.39, 0.29) is 0 Å². The second-order valence-electron chi connectivity index (χ2n) is 3.04. The van der Waals surface area contributed by atoms with E-state index in [1.165, 1.54) is 4.31 Å². The molecular weight excluding hydrogens is 192 g/mol. The highest BCUT2D eigenvalue weighted by molar-refractivity contribution is 7.89. The van der Waals surface area contributed by atoms with Gasteiger partial charge in [-0.05, 0) is 12.8 Å². The normalized spacial score (nSPS) is 21.2. The molecule has 0 aromatic carbocycles. The molecule has 74 valence electrons. The van der Waals surface area contributed by atoms with E-state index in [0.717, 1.165) is 0 Å². The first-order valence-electron chi connectivity index (χ1n) is 4.09. The van der Waals surface area contributed by atoms with Crippen LogP contribution in [0.15, 0.2) is 0 Å². The SMILES string of the molecule is N#CCS(=O)(=O)N1CCC(O)CC1. The first-order chi connectivity index (χ1) is 6.06. The van der Waals surface area contributed by atoms with Gasteiger partial charge in [0.25, 0.3) is 0 Å². The smallest absolute Gasteiger partial charge is 0.227 e. The minimum absolute atomic E-state index is 0.325. The van der Waals surface area contributed by atoms with Crippen molar-refractivity contribution in [3.8, 4) is 6.07 Å². The van der Waals surface area contributed by atoms with Crippen molar-refractivity contribution >= 4 is 10.0 Å². The van der Waals surface area contributed by atoms with Gasteiger partial charge in [-0.2, -0.15) is 5.26 Å². The Bertz CT molecular complexity index is 298. The molecule has 0 atom stereocenters. The lowest BCUT2D eigenvalue weighted by Gasteiger charge is -2.27. The van der Waals surface area contributed by atoms with E-state index in [2.05, 4.69) is 0 Å². The number of sulfonamides is 1. The zero-order valence-corrected chi connectivity index (χ0v) is 8.00. The van der Waals surface area contributed by atoms with Crippen LogP contribution in [0.25, 0.3) is 0 Å². The molecular formula is C7H12N2O3S. The van der Waals surface area contributed by atoms with E-state index in [9.17, 15) is 8.42 Å². The lowest BCUT2D eigenvalue weighted by Crippen LogP contribution is -2.40. The molecule has 1 rings (SSSR count). The van der Waals surface area contributed by atoms with Crippen LogP contribution in [0.1, 0.15) is 12.8 Å². The number of hydrogen-bond donors (Lipinski definition) is 1. The molecule has 1 fully saturated rings. The highest BCUT2D eigenvalue weighted by Gasteiger charge is 2.26. The third-order valence-corrected chi connectivity index (χ3v) is 3.71. The molecule has 0 amide bonds. The number of aliphatic hydroxyl groups excluding tert-OH is 1. The van der Waals surface area contributed by atoms with Gasteiger partial charge >= 0.3 is 0 Å². The van der Waals surface area contributed by atoms with Gasteiger partial charge in [0.1, 0.15) is 0 Å². The molecule has 1 aliphatic rings. The largest absolute Gasteiger partial charge is 0.393 e. The quantitative estimate of drug-likeness (QED) is 0.644. The number of aliphatic hydroxyl groups is 1. The summed E-state index contributed by atoms with van der Waals surface area (Å²) in [4.78, 5) is 0. The van der Waals surface area contributed by atoms with Gasteiger partial charge in [-0.25, -0.2) is 12.7 Å². The minimum Gasteiger partial charge on any atom is -0.393 e. The van der Waals surface area contributed by atoms with Crippen LogP contribution in [0.4, 0.5) is 0 Å². The average molecular weight is 204 g/mol. The molecule has 0 bridgehead atoms. The van der Waals surface area contributed by atoms with Gasteiger partial charge in [0.15, 0.2) is 5.75 Å². The summed E-state index contributed by atoms with van der Waals surface area (Å²) in [6, 6.07) is 1.62. The molecule has 0 spiro atoms. The molecule has 0 aromatic rings. The monoisotopic (exact) mass is 204 g/mol. The second-order valence-corrected chi connectivity index (χ2v) is 5.01. The Balaban J connectivity index is 2.59. The summed E-state index contributed by atoms with van der Waals surface area (Å²) in [6.07, 6.45) is 0.531. The molecule has 0 aromatic heterocycles. The maximum Gasteiger partial charge on any atom is 0.227 e. The first kappa shape index (κ1) is 10.4. The second kappa shape index (κ2) is 4.05. The van der Waals surface area contributed by atoms with E-state index in [1.54, 1.807) is 6.07 Å². The Morgan fingerprint density at radius 2 is 2.00 bits per heavy atom. The van der Waals surface area contributed by atoms with Gasteiger partial charge in [0, 0.05) is 13.1 Å². The van der Waals surface area contributed by atoms with Crippen LogP contribution in [-0.2, 0) is 10.0 Å². The number of nitriles is 1. The summed E-state index contributed by atoms with van der Waals surface area (Å²) in [7, 11) is -3.40. The predicted molar refractivity (Wildman–Crippen MR) is 46.2 cm³/mol. The molecule has 6 heteroatoms. The molecule has 1 saturated heterocycles. The maximum atomic E-state index is 11.3. The molecule has 0 radical (unpaired) electrons. The van der Waals surface area contributed by atoms with Crippen molar-refractivity contribution < 1.29 is 13.5 Å². The first-order valence-corrected chi connectivity index (χ1v) is 5.70. The lowest BCUT2D eigenvalue weighted by molar-refractivity contribution is 0.113. The van der Waals surface area contributed by atoms with E-state index in [1.807, 2.05) is 0 Å². The molecule has 1 N–H and O–H groups in total. The fraction of sp³-hybridized carbons (Fsp3) is 0.857. The Labute approximate surface area is 77.6 Å². The number of rotatable bonds is 2. The van der Waals surface area contributed by atoms with Crippen LogP contribution in [0, 0.1) is 11.3 Å². The van der Waals surface area contributed by atoms with Gasteiger partial charge in [-0.15, -0.1) is 0 Å². The molecule has 13 heavy (non-hydrogen) atoms. The summed E-state index contributed by atoms with van der Waals surface area (Å²) in [5.74, 6) is -0.469. The van der Waals surface area contributed by atoms with Crippen molar-refractivity contribution in [1.82, 2.24) is 4.31 Å². The number of piperidine rings is 1. The molecule has 0 saturated carbocycles. The van der Waals surface area contributed by atoms with Crippen LogP contribution in [0.2, 0.25) is 0 Å². The Morgan fingerprint density at radius 3 is 2.46 bits per heavy atom. The van der Waals surface area contributed by atoms with Gasteiger partial charge < -0.3 is 5.11 Å². The van der Waals surface area contributed by atoms with E-state index in [0.29, 0.717) is 25.9 Å². The predicted octanol–water partition coefficient (Wildman–Crippen LogP) is -0.704. The third-order valence-electron chi connectivity index (χ3n) is 2.06. The van der Waals surface area contributed by atoms with Crippen molar-refractivity contribution in [3.05, 3.63) is 0 Å². The van der Waals surface area contributed by atoms with Crippen LogP contribution in [0.5, 0.6) is 0 Å². The van der Waals surface area contributed by atoms with Crippen LogP contribution in [0.3, 0.4) is 0 Å². The summed E-state index contributed by atoms with van der Waals surface area (Å²) >= 11 is 0. The molecule has 1 heterocycles. The van der Waals surface area contributed by atoms with Gasteiger partial charge in [0.05, 0.1) is 12.2 Å². The molecule has 0 unspecified atom stereocenters. The van der Waals surface area contributed by atoms with E-state index in [4.69, 9.17) is 10.4 Å². The van der Waals surface area contributed by atoms with Crippen molar-refractivity contribution in [1.29, 1.82) is 5.26 Å². The third kappa shape index (κ3) is 2.66. The Morgan fingerprint density at radius 1 is 1.46 bits per heavy atom. The highest BCUT2D eigenvalue weighted by Crippen LogP contribution is 2.13. The molecule has 5 nitrogen and oxygen atoms in total. The van der Waals surface area contributed by atoms with Crippen molar-refractivity contribution in [3.63, 3.8) is 0 Å². The summed E-state index contributed by atoms with van der Waals surface area (Å²) < 4.78 is 23.9. The van der Waals surface area contributed by atoms with Crippen molar-refractivity contribution in [2.24, 2.45) is 0 Å². The van der Waals surface area contributed by atoms with Crippen LogP contribution < -0.4 is 0 Å².